The Hall–Kier alpha value is -2.36. The van der Waals surface area contributed by atoms with Crippen molar-refractivity contribution >= 4 is 16.6 Å². The van der Waals surface area contributed by atoms with Crippen LogP contribution in [0.4, 0.5) is 5.69 Å². The first-order chi connectivity index (χ1) is 8.43. The molecule has 0 spiro atoms. The van der Waals surface area contributed by atoms with Gasteiger partial charge in [-0.2, -0.15) is 0 Å². The molecule has 4 heteroatoms. The second-order valence-corrected chi connectivity index (χ2v) is 4.14. The SMILES string of the molecule is c1ccc2c(c1)cc1n2-c2ncncc2NC1. The molecule has 0 aliphatic carbocycles. The molecule has 4 rings (SSSR count). The van der Waals surface area contributed by atoms with Gasteiger partial charge in [-0.1, -0.05) is 18.2 Å². The maximum atomic E-state index is 4.37. The molecule has 17 heavy (non-hydrogen) atoms. The van der Waals surface area contributed by atoms with Crippen molar-refractivity contribution in [3.8, 4) is 5.82 Å². The van der Waals surface area contributed by atoms with Crippen molar-refractivity contribution < 1.29 is 0 Å². The second-order valence-electron chi connectivity index (χ2n) is 4.14. The van der Waals surface area contributed by atoms with E-state index in [1.54, 1.807) is 6.33 Å². The van der Waals surface area contributed by atoms with E-state index < -0.39 is 0 Å². The Morgan fingerprint density at radius 1 is 1.24 bits per heavy atom. The molecule has 0 amide bonds. The summed E-state index contributed by atoms with van der Waals surface area (Å²) >= 11 is 0. The van der Waals surface area contributed by atoms with Gasteiger partial charge in [0.25, 0.3) is 0 Å². The average molecular weight is 222 g/mol. The Balaban J connectivity index is 2.14. The van der Waals surface area contributed by atoms with Gasteiger partial charge in [-0.05, 0) is 12.1 Å². The van der Waals surface area contributed by atoms with Crippen LogP contribution in [-0.4, -0.2) is 14.5 Å². The summed E-state index contributed by atoms with van der Waals surface area (Å²) in [5, 5.41) is 4.58. The summed E-state index contributed by atoms with van der Waals surface area (Å²) in [6, 6.07) is 10.6. The van der Waals surface area contributed by atoms with Gasteiger partial charge in [0.1, 0.15) is 6.33 Å². The number of rotatable bonds is 0. The monoisotopic (exact) mass is 222 g/mol. The van der Waals surface area contributed by atoms with Crippen LogP contribution >= 0.6 is 0 Å². The first-order valence-electron chi connectivity index (χ1n) is 5.57. The Labute approximate surface area is 97.9 Å². The van der Waals surface area contributed by atoms with Gasteiger partial charge in [-0.15, -0.1) is 0 Å². The fourth-order valence-electron chi connectivity index (χ4n) is 2.40. The van der Waals surface area contributed by atoms with Crippen molar-refractivity contribution in [1.82, 2.24) is 14.5 Å². The topological polar surface area (TPSA) is 42.7 Å². The molecule has 2 aromatic heterocycles. The van der Waals surface area contributed by atoms with Crippen LogP contribution in [0.3, 0.4) is 0 Å². The van der Waals surface area contributed by atoms with Crippen LogP contribution in [0.1, 0.15) is 5.69 Å². The molecule has 3 heterocycles. The standard InChI is InChI=1S/C13H10N4/c1-2-4-12-9(3-1)5-10-6-15-11-7-14-8-16-13(11)17(10)12/h1-5,7-8,15H,6H2. The molecule has 0 atom stereocenters. The van der Waals surface area contributed by atoms with Gasteiger partial charge in [0.05, 0.1) is 23.9 Å². The molecular formula is C13H10N4. The van der Waals surface area contributed by atoms with Gasteiger partial charge in [0, 0.05) is 11.1 Å². The molecule has 1 aliphatic rings. The number of anilines is 1. The Kier molecular flexibility index (Phi) is 1.58. The van der Waals surface area contributed by atoms with Crippen LogP contribution in [-0.2, 0) is 6.54 Å². The number of aromatic nitrogens is 3. The van der Waals surface area contributed by atoms with Crippen molar-refractivity contribution in [2.45, 2.75) is 6.54 Å². The van der Waals surface area contributed by atoms with Crippen LogP contribution in [0.2, 0.25) is 0 Å². The van der Waals surface area contributed by atoms with E-state index in [2.05, 4.69) is 50.2 Å². The van der Waals surface area contributed by atoms with Gasteiger partial charge in [-0.25, -0.2) is 9.97 Å². The summed E-state index contributed by atoms with van der Waals surface area (Å²) < 4.78 is 2.20. The number of nitrogens with zero attached hydrogens (tertiary/aromatic N) is 3. The molecule has 0 bridgehead atoms. The first kappa shape index (κ1) is 8.75. The van der Waals surface area contributed by atoms with E-state index in [4.69, 9.17) is 0 Å². The van der Waals surface area contributed by atoms with E-state index >= 15 is 0 Å². The molecule has 4 nitrogen and oxygen atoms in total. The van der Waals surface area contributed by atoms with Crippen molar-refractivity contribution in [3.05, 3.63) is 48.5 Å². The minimum atomic E-state index is 0.815. The van der Waals surface area contributed by atoms with Gasteiger partial charge < -0.3 is 5.32 Å². The van der Waals surface area contributed by atoms with E-state index in [0.717, 1.165) is 18.1 Å². The van der Waals surface area contributed by atoms with Crippen LogP contribution in [0.25, 0.3) is 16.7 Å². The lowest BCUT2D eigenvalue weighted by atomic mass is 10.2. The highest BCUT2D eigenvalue weighted by Gasteiger charge is 2.18. The second kappa shape index (κ2) is 3.07. The zero-order chi connectivity index (χ0) is 11.2. The van der Waals surface area contributed by atoms with E-state index in [-0.39, 0.29) is 0 Å². The molecule has 82 valence electrons. The highest BCUT2D eigenvalue weighted by atomic mass is 15.2. The predicted molar refractivity (Wildman–Crippen MR) is 66.2 cm³/mol. The Bertz CT molecular complexity index is 714. The summed E-state index contributed by atoms with van der Waals surface area (Å²) in [6.07, 6.45) is 3.41. The smallest absolute Gasteiger partial charge is 0.164 e. The molecule has 0 fully saturated rings. The van der Waals surface area contributed by atoms with Crippen molar-refractivity contribution in [3.63, 3.8) is 0 Å². The van der Waals surface area contributed by atoms with Gasteiger partial charge in [-0.3, -0.25) is 4.57 Å². The molecule has 1 aromatic carbocycles. The zero-order valence-corrected chi connectivity index (χ0v) is 9.09. The lowest BCUT2D eigenvalue weighted by Crippen LogP contribution is -2.16. The molecule has 0 saturated carbocycles. The van der Waals surface area contributed by atoms with Crippen LogP contribution in [0.15, 0.2) is 42.9 Å². The largest absolute Gasteiger partial charge is 0.375 e. The minimum Gasteiger partial charge on any atom is -0.375 e. The number of fused-ring (bicyclic) bond motifs is 5. The maximum Gasteiger partial charge on any atom is 0.164 e. The summed E-state index contributed by atoms with van der Waals surface area (Å²) in [6.45, 7) is 0.815. The summed E-state index contributed by atoms with van der Waals surface area (Å²) in [5.74, 6) is 0.933. The minimum absolute atomic E-state index is 0.815. The van der Waals surface area contributed by atoms with E-state index in [1.807, 2.05) is 6.20 Å². The third-order valence-corrected chi connectivity index (χ3v) is 3.15. The Morgan fingerprint density at radius 3 is 3.18 bits per heavy atom. The van der Waals surface area contributed by atoms with Crippen LogP contribution in [0, 0.1) is 0 Å². The van der Waals surface area contributed by atoms with Crippen molar-refractivity contribution in [2.24, 2.45) is 0 Å². The van der Waals surface area contributed by atoms with Gasteiger partial charge >= 0.3 is 0 Å². The zero-order valence-electron chi connectivity index (χ0n) is 9.09. The first-order valence-corrected chi connectivity index (χ1v) is 5.57. The van der Waals surface area contributed by atoms with Crippen molar-refractivity contribution in [2.75, 3.05) is 5.32 Å². The van der Waals surface area contributed by atoms with Gasteiger partial charge in [0.2, 0.25) is 0 Å². The molecule has 3 aromatic rings. The van der Waals surface area contributed by atoms with Gasteiger partial charge in [0.15, 0.2) is 5.82 Å². The third kappa shape index (κ3) is 1.12. The fourth-order valence-corrected chi connectivity index (χ4v) is 2.40. The fraction of sp³-hybridized carbons (Fsp3) is 0.0769. The number of benzene rings is 1. The lowest BCUT2D eigenvalue weighted by Gasteiger charge is -2.19. The lowest BCUT2D eigenvalue weighted by molar-refractivity contribution is 0.883. The summed E-state index contributed by atoms with van der Waals surface area (Å²) in [7, 11) is 0. The number of hydrogen-bond acceptors (Lipinski definition) is 3. The van der Waals surface area contributed by atoms with E-state index in [0.29, 0.717) is 0 Å². The quantitative estimate of drug-likeness (QED) is 0.635. The van der Waals surface area contributed by atoms with E-state index in [9.17, 15) is 0 Å². The maximum absolute atomic E-state index is 4.37. The third-order valence-electron chi connectivity index (χ3n) is 3.15. The molecule has 0 unspecified atom stereocenters. The van der Waals surface area contributed by atoms with E-state index in [1.165, 1.54) is 16.6 Å². The highest BCUT2D eigenvalue weighted by molar-refractivity contribution is 5.85. The molecular weight excluding hydrogens is 212 g/mol. The predicted octanol–water partition coefficient (Wildman–Crippen LogP) is 2.35. The normalized spacial score (nSPS) is 12.9. The summed E-state index contributed by atoms with van der Waals surface area (Å²) in [4.78, 5) is 8.42. The number of para-hydroxylation sites is 1. The molecule has 0 radical (unpaired) electrons. The van der Waals surface area contributed by atoms with Crippen LogP contribution < -0.4 is 5.32 Å². The number of nitrogens with one attached hydrogen (secondary N) is 1. The number of hydrogen-bond donors (Lipinski definition) is 1. The molecule has 1 aliphatic heterocycles. The van der Waals surface area contributed by atoms with Crippen molar-refractivity contribution in [1.29, 1.82) is 0 Å². The average Bonchev–Trinajstić information content (AvgIpc) is 2.77. The molecule has 1 N–H and O–H groups in total. The molecule has 0 saturated heterocycles. The summed E-state index contributed by atoms with van der Waals surface area (Å²) in [5.41, 5.74) is 3.42. The van der Waals surface area contributed by atoms with Crippen LogP contribution in [0.5, 0.6) is 0 Å². The Morgan fingerprint density at radius 2 is 2.18 bits per heavy atom. The highest BCUT2D eigenvalue weighted by Crippen LogP contribution is 2.30.